The lowest BCUT2D eigenvalue weighted by molar-refractivity contribution is -0.116. The second-order valence-corrected chi connectivity index (χ2v) is 7.48. The fourth-order valence-corrected chi connectivity index (χ4v) is 4.28. The highest BCUT2D eigenvalue weighted by Gasteiger charge is 2.17. The summed E-state index contributed by atoms with van der Waals surface area (Å²) < 4.78 is 1.31. The monoisotopic (exact) mass is 370 g/mol. The number of carbonyl (C=O) groups excluding carboxylic acids is 1. The molecule has 0 radical (unpaired) electrons. The third-order valence-corrected chi connectivity index (χ3v) is 5.60. The first-order chi connectivity index (χ1) is 12.5. The maximum atomic E-state index is 12.7. The average molecular weight is 370 g/mol. The molecule has 1 aliphatic rings. The van der Waals surface area contributed by atoms with E-state index in [9.17, 15) is 14.7 Å². The minimum absolute atomic E-state index is 0.00961. The van der Waals surface area contributed by atoms with Crippen LogP contribution < -0.4 is 10.9 Å². The molecule has 0 unspecified atom stereocenters. The van der Waals surface area contributed by atoms with E-state index in [0.717, 1.165) is 31.4 Å². The normalized spacial score (nSPS) is 13.6. The van der Waals surface area contributed by atoms with Crippen LogP contribution in [0.5, 0.6) is 5.75 Å². The largest absolute Gasteiger partial charge is 0.508 e. The summed E-state index contributed by atoms with van der Waals surface area (Å²) >= 11 is 1.51. The highest BCUT2D eigenvalue weighted by Crippen LogP contribution is 2.29. The molecule has 0 saturated heterocycles. The van der Waals surface area contributed by atoms with Crippen LogP contribution in [0.25, 0.3) is 10.9 Å². The molecule has 2 N–H and O–H groups in total. The number of thiazole rings is 1. The van der Waals surface area contributed by atoms with E-state index in [1.807, 2.05) is 0 Å². The van der Waals surface area contributed by atoms with E-state index < -0.39 is 0 Å². The van der Waals surface area contributed by atoms with Gasteiger partial charge in [0.2, 0.25) is 5.91 Å². The summed E-state index contributed by atoms with van der Waals surface area (Å²) in [6.45, 7) is 1.54. The van der Waals surface area contributed by atoms with Crippen LogP contribution in [0, 0.1) is 6.92 Å². The maximum Gasteiger partial charge on any atom is 0.261 e. The molecule has 1 aliphatic carbocycles. The number of phenolic OH excluding ortho intramolecular Hbond substituents is 1. The van der Waals surface area contributed by atoms with Crippen molar-refractivity contribution in [2.45, 2.75) is 39.2 Å². The summed E-state index contributed by atoms with van der Waals surface area (Å²) in [7, 11) is 0. The van der Waals surface area contributed by atoms with Gasteiger partial charge >= 0.3 is 0 Å². The topological polar surface area (TPSA) is 97.1 Å². The number of carbonyl (C=O) groups is 1. The summed E-state index contributed by atoms with van der Waals surface area (Å²) in [5.41, 5.74) is 1.22. The Balaban J connectivity index is 1.59. The molecule has 1 amide bonds. The smallest absolute Gasteiger partial charge is 0.261 e. The Kier molecular flexibility index (Phi) is 4.20. The van der Waals surface area contributed by atoms with Gasteiger partial charge < -0.3 is 10.4 Å². The van der Waals surface area contributed by atoms with Gasteiger partial charge in [-0.25, -0.2) is 9.97 Å². The van der Waals surface area contributed by atoms with Crippen LogP contribution in [0.4, 0.5) is 5.13 Å². The SMILES string of the molecule is Cc1nc2ccc(O)cc2c(=O)n1CC(=O)Nc1nc2c(s1)CCCC2. The first-order valence-corrected chi connectivity index (χ1v) is 9.31. The Labute approximate surface area is 153 Å². The molecule has 2 heterocycles. The molecule has 26 heavy (non-hydrogen) atoms. The lowest BCUT2D eigenvalue weighted by Crippen LogP contribution is -2.30. The third-order valence-electron chi connectivity index (χ3n) is 4.52. The molecule has 8 heteroatoms. The van der Waals surface area contributed by atoms with Crippen molar-refractivity contribution in [3.63, 3.8) is 0 Å². The Bertz CT molecular complexity index is 1050. The summed E-state index contributed by atoms with van der Waals surface area (Å²) in [5.74, 6) is 0.119. The van der Waals surface area contributed by atoms with Crippen LogP contribution in [0.15, 0.2) is 23.0 Å². The molecule has 2 aromatic heterocycles. The third kappa shape index (κ3) is 3.08. The standard InChI is InChI=1S/C18H18N4O3S/c1-10-19-13-7-6-11(23)8-12(13)17(25)22(10)9-16(24)21-18-20-14-4-2-3-5-15(14)26-18/h6-8,23H,2-5,9H2,1H3,(H,20,21,24). The van der Waals surface area contributed by atoms with Gasteiger partial charge in [-0.3, -0.25) is 14.2 Å². The Hall–Kier alpha value is -2.74. The van der Waals surface area contributed by atoms with Crippen molar-refractivity contribution < 1.29 is 9.90 Å². The van der Waals surface area contributed by atoms with Crippen molar-refractivity contribution in [3.05, 3.63) is 44.9 Å². The molecule has 0 bridgehead atoms. The first-order valence-electron chi connectivity index (χ1n) is 8.50. The predicted molar refractivity (Wildman–Crippen MR) is 99.8 cm³/mol. The lowest BCUT2D eigenvalue weighted by Gasteiger charge is -2.10. The summed E-state index contributed by atoms with van der Waals surface area (Å²) in [5, 5.41) is 13.3. The van der Waals surface area contributed by atoms with Gasteiger partial charge in [-0.05, 0) is 50.8 Å². The van der Waals surface area contributed by atoms with E-state index in [1.165, 1.54) is 32.9 Å². The predicted octanol–water partition coefficient (Wildman–Crippen LogP) is 2.38. The number of benzene rings is 1. The van der Waals surface area contributed by atoms with Gasteiger partial charge in [0.25, 0.3) is 5.56 Å². The summed E-state index contributed by atoms with van der Waals surface area (Å²) in [6, 6.07) is 4.44. The second-order valence-electron chi connectivity index (χ2n) is 6.40. The highest BCUT2D eigenvalue weighted by molar-refractivity contribution is 7.15. The van der Waals surface area contributed by atoms with Gasteiger partial charge in [0.05, 0.1) is 16.6 Å². The molecule has 0 atom stereocenters. The maximum absolute atomic E-state index is 12.7. The van der Waals surface area contributed by atoms with E-state index in [1.54, 1.807) is 13.0 Å². The zero-order valence-electron chi connectivity index (χ0n) is 14.3. The highest BCUT2D eigenvalue weighted by atomic mass is 32.1. The molecule has 0 saturated carbocycles. The van der Waals surface area contributed by atoms with Crippen LogP contribution in [0.1, 0.15) is 29.2 Å². The van der Waals surface area contributed by atoms with Gasteiger partial charge in [-0.1, -0.05) is 0 Å². The number of nitrogens with one attached hydrogen (secondary N) is 1. The molecular weight excluding hydrogens is 352 g/mol. The van der Waals surface area contributed by atoms with E-state index in [0.29, 0.717) is 16.5 Å². The number of amides is 1. The molecule has 3 aromatic rings. The zero-order valence-corrected chi connectivity index (χ0v) is 15.1. The van der Waals surface area contributed by atoms with Crippen molar-refractivity contribution in [1.29, 1.82) is 0 Å². The van der Waals surface area contributed by atoms with Crippen molar-refractivity contribution >= 4 is 33.3 Å². The zero-order chi connectivity index (χ0) is 18.3. The summed E-state index contributed by atoms with van der Waals surface area (Å²) in [6.07, 6.45) is 4.26. The minimum atomic E-state index is -0.350. The van der Waals surface area contributed by atoms with E-state index in [-0.39, 0.29) is 29.1 Å². The second kappa shape index (κ2) is 6.53. The number of hydrogen-bond acceptors (Lipinski definition) is 6. The van der Waals surface area contributed by atoms with Gasteiger partial charge in [0.15, 0.2) is 5.13 Å². The van der Waals surface area contributed by atoms with E-state index >= 15 is 0 Å². The number of nitrogens with zero attached hydrogens (tertiary/aromatic N) is 3. The number of rotatable bonds is 3. The van der Waals surface area contributed by atoms with Crippen LogP contribution in [-0.4, -0.2) is 25.5 Å². The number of phenols is 1. The lowest BCUT2D eigenvalue weighted by atomic mass is 10.0. The number of aromatic hydroxyl groups is 1. The Morgan fingerprint density at radius 2 is 2.12 bits per heavy atom. The number of fused-ring (bicyclic) bond motifs is 2. The molecule has 7 nitrogen and oxygen atoms in total. The molecule has 0 aliphatic heterocycles. The van der Waals surface area contributed by atoms with Gasteiger partial charge in [-0.2, -0.15) is 0 Å². The van der Waals surface area contributed by atoms with Crippen LogP contribution in [0.2, 0.25) is 0 Å². The van der Waals surface area contributed by atoms with Crippen LogP contribution in [0.3, 0.4) is 0 Å². The fraction of sp³-hybridized carbons (Fsp3) is 0.333. The quantitative estimate of drug-likeness (QED) is 0.738. The molecule has 0 fully saturated rings. The molecule has 4 rings (SSSR count). The van der Waals surface area contributed by atoms with Crippen LogP contribution in [-0.2, 0) is 24.2 Å². The van der Waals surface area contributed by atoms with Gasteiger partial charge in [0.1, 0.15) is 18.1 Å². The number of aryl methyl sites for hydroxylation is 3. The summed E-state index contributed by atoms with van der Waals surface area (Å²) in [4.78, 5) is 35.2. The number of anilines is 1. The average Bonchev–Trinajstić information content (AvgIpc) is 3.01. The van der Waals surface area contributed by atoms with Crippen LogP contribution >= 0.6 is 11.3 Å². The molecule has 0 spiro atoms. The molecule has 134 valence electrons. The van der Waals surface area contributed by atoms with E-state index in [2.05, 4.69) is 15.3 Å². The van der Waals surface area contributed by atoms with Crippen molar-refractivity contribution in [1.82, 2.24) is 14.5 Å². The minimum Gasteiger partial charge on any atom is -0.508 e. The number of hydrogen-bond donors (Lipinski definition) is 2. The first kappa shape index (κ1) is 16.7. The molecule has 1 aromatic carbocycles. The molecular formula is C18H18N4O3S. The van der Waals surface area contributed by atoms with Crippen molar-refractivity contribution in [3.8, 4) is 5.75 Å². The van der Waals surface area contributed by atoms with Gasteiger partial charge in [0, 0.05) is 4.88 Å². The Morgan fingerprint density at radius 3 is 2.92 bits per heavy atom. The van der Waals surface area contributed by atoms with Crippen molar-refractivity contribution in [2.24, 2.45) is 0 Å². The van der Waals surface area contributed by atoms with E-state index in [4.69, 9.17) is 0 Å². The van der Waals surface area contributed by atoms with Gasteiger partial charge in [-0.15, -0.1) is 11.3 Å². The Morgan fingerprint density at radius 1 is 1.31 bits per heavy atom. The fourth-order valence-electron chi connectivity index (χ4n) is 3.21. The van der Waals surface area contributed by atoms with Crippen molar-refractivity contribution in [2.75, 3.05) is 5.32 Å². The number of aromatic nitrogens is 3.